The highest BCUT2D eigenvalue weighted by Crippen LogP contribution is 2.21. The van der Waals surface area contributed by atoms with Crippen LogP contribution in [0.25, 0.3) is 0 Å². The van der Waals surface area contributed by atoms with E-state index in [9.17, 15) is 10.2 Å². The van der Waals surface area contributed by atoms with Gasteiger partial charge in [0.05, 0.1) is 13.2 Å². The van der Waals surface area contributed by atoms with Gasteiger partial charge < -0.3 is 24.8 Å². The first kappa shape index (κ1) is 17.9. The highest BCUT2D eigenvalue weighted by molar-refractivity contribution is 4.89. The van der Waals surface area contributed by atoms with Crippen LogP contribution in [0.2, 0.25) is 0 Å². The van der Waals surface area contributed by atoms with Crippen LogP contribution in [-0.2, 0) is 9.47 Å². The Balaban J connectivity index is 2.10. The van der Waals surface area contributed by atoms with E-state index >= 15 is 0 Å². The number of hydrogen-bond donors (Lipinski definition) is 3. The molecule has 20 heavy (non-hydrogen) atoms. The van der Waals surface area contributed by atoms with E-state index in [1.165, 1.54) is 32.1 Å². The second-order valence-corrected chi connectivity index (χ2v) is 5.57. The van der Waals surface area contributed by atoms with Crippen LogP contribution in [-0.4, -0.2) is 59.6 Å². The summed E-state index contributed by atoms with van der Waals surface area (Å²) in [6.07, 6.45) is 5.58. The maximum atomic E-state index is 9.76. The van der Waals surface area contributed by atoms with Gasteiger partial charge in [0.2, 0.25) is 0 Å². The highest BCUT2D eigenvalue weighted by atomic mass is 16.6. The van der Waals surface area contributed by atoms with Gasteiger partial charge in [0.15, 0.2) is 0 Å². The Bertz CT molecular complexity index is 236. The van der Waals surface area contributed by atoms with Gasteiger partial charge in [-0.05, 0) is 6.42 Å². The van der Waals surface area contributed by atoms with Crippen molar-refractivity contribution in [3.05, 3.63) is 0 Å². The maximum Gasteiger partial charge on any atom is 0.114 e. The van der Waals surface area contributed by atoms with Gasteiger partial charge in [0.1, 0.15) is 24.4 Å². The van der Waals surface area contributed by atoms with Gasteiger partial charge in [-0.25, -0.2) is 0 Å². The van der Waals surface area contributed by atoms with E-state index < -0.39 is 24.4 Å². The molecule has 0 amide bonds. The number of hydrogen-bond acceptors (Lipinski definition) is 5. The predicted molar refractivity (Wildman–Crippen MR) is 76.6 cm³/mol. The molecule has 0 bridgehead atoms. The Labute approximate surface area is 121 Å². The fourth-order valence-electron chi connectivity index (χ4n) is 2.54. The molecule has 0 aromatic carbocycles. The average molecular weight is 290 g/mol. The summed E-state index contributed by atoms with van der Waals surface area (Å²) >= 11 is 0. The van der Waals surface area contributed by atoms with Crippen molar-refractivity contribution in [1.29, 1.82) is 0 Å². The largest absolute Gasteiger partial charge is 0.394 e. The zero-order valence-corrected chi connectivity index (χ0v) is 12.5. The van der Waals surface area contributed by atoms with Gasteiger partial charge in [-0.1, -0.05) is 45.4 Å². The number of rotatable bonds is 11. The van der Waals surface area contributed by atoms with Crippen molar-refractivity contribution in [2.45, 2.75) is 76.3 Å². The summed E-state index contributed by atoms with van der Waals surface area (Å²) < 4.78 is 10.9. The zero-order valence-electron chi connectivity index (χ0n) is 12.5. The summed E-state index contributed by atoms with van der Waals surface area (Å²) in [5.41, 5.74) is 0. The lowest BCUT2D eigenvalue weighted by molar-refractivity contribution is -0.0938. The fraction of sp³-hybridized carbons (Fsp3) is 1.00. The van der Waals surface area contributed by atoms with E-state index in [0.29, 0.717) is 6.61 Å². The molecule has 5 nitrogen and oxygen atoms in total. The lowest BCUT2D eigenvalue weighted by Crippen LogP contribution is -2.42. The third-order valence-electron chi connectivity index (χ3n) is 3.79. The topological polar surface area (TPSA) is 79.2 Å². The molecule has 5 heteroatoms. The van der Waals surface area contributed by atoms with Crippen LogP contribution in [0.3, 0.4) is 0 Å². The van der Waals surface area contributed by atoms with Gasteiger partial charge in [0.25, 0.3) is 0 Å². The molecule has 0 saturated carbocycles. The van der Waals surface area contributed by atoms with Gasteiger partial charge in [-0.2, -0.15) is 0 Å². The molecule has 0 aromatic heterocycles. The second kappa shape index (κ2) is 10.5. The molecule has 0 spiro atoms. The monoisotopic (exact) mass is 290 g/mol. The smallest absolute Gasteiger partial charge is 0.114 e. The van der Waals surface area contributed by atoms with Crippen LogP contribution in [0.5, 0.6) is 0 Å². The fourth-order valence-corrected chi connectivity index (χ4v) is 2.54. The molecule has 1 aliphatic heterocycles. The molecular formula is C15H30O5. The first-order valence-corrected chi connectivity index (χ1v) is 7.90. The molecule has 1 rings (SSSR count). The van der Waals surface area contributed by atoms with E-state index in [4.69, 9.17) is 14.6 Å². The maximum absolute atomic E-state index is 9.76. The van der Waals surface area contributed by atoms with Crippen LogP contribution in [0.1, 0.15) is 51.9 Å². The number of unbranched alkanes of at least 4 members (excludes halogenated alkanes) is 6. The Kier molecular flexibility index (Phi) is 9.39. The van der Waals surface area contributed by atoms with Crippen LogP contribution < -0.4 is 0 Å². The second-order valence-electron chi connectivity index (χ2n) is 5.57. The Hall–Kier alpha value is -0.200. The number of ether oxygens (including phenoxy) is 2. The molecule has 120 valence electrons. The van der Waals surface area contributed by atoms with Gasteiger partial charge in [-0.15, -0.1) is 0 Å². The van der Waals surface area contributed by atoms with Crippen molar-refractivity contribution in [2.75, 3.05) is 19.8 Å². The number of aliphatic hydroxyl groups excluding tert-OH is 3. The van der Waals surface area contributed by atoms with Gasteiger partial charge in [0, 0.05) is 6.61 Å². The van der Waals surface area contributed by atoms with E-state index in [-0.39, 0.29) is 13.2 Å². The van der Waals surface area contributed by atoms with E-state index in [1.54, 1.807) is 0 Å². The summed E-state index contributed by atoms with van der Waals surface area (Å²) in [5, 5.41) is 28.3. The molecule has 3 N–H and O–H groups in total. The highest BCUT2D eigenvalue weighted by Gasteiger charge is 2.40. The van der Waals surface area contributed by atoms with Crippen LogP contribution in [0.4, 0.5) is 0 Å². The van der Waals surface area contributed by atoms with Crippen molar-refractivity contribution in [2.24, 2.45) is 0 Å². The average Bonchev–Trinajstić information content (AvgIpc) is 2.82. The SMILES string of the molecule is CCCCCCCCCO[C@@H]1[C@H]([C@@H](O)CO)OC[C@H]1O. The summed E-state index contributed by atoms with van der Waals surface area (Å²) in [7, 11) is 0. The Morgan fingerprint density at radius 2 is 1.80 bits per heavy atom. The quantitative estimate of drug-likeness (QED) is 0.499. The van der Waals surface area contributed by atoms with Crippen LogP contribution in [0, 0.1) is 0 Å². The van der Waals surface area contributed by atoms with E-state index in [1.807, 2.05) is 0 Å². The lowest BCUT2D eigenvalue weighted by atomic mass is 10.1. The summed E-state index contributed by atoms with van der Waals surface area (Å²) in [5.74, 6) is 0. The molecule has 1 aliphatic rings. The van der Waals surface area contributed by atoms with Crippen LogP contribution in [0.15, 0.2) is 0 Å². The molecule has 0 unspecified atom stereocenters. The summed E-state index contributed by atoms with van der Waals surface area (Å²) in [6, 6.07) is 0. The lowest BCUT2D eigenvalue weighted by Gasteiger charge is -2.23. The van der Waals surface area contributed by atoms with Crippen molar-refractivity contribution < 1.29 is 24.8 Å². The van der Waals surface area contributed by atoms with Crippen molar-refractivity contribution in [1.82, 2.24) is 0 Å². The molecule has 0 aromatic rings. The van der Waals surface area contributed by atoms with Crippen molar-refractivity contribution >= 4 is 0 Å². The molecule has 1 fully saturated rings. The molecule has 1 heterocycles. The third-order valence-corrected chi connectivity index (χ3v) is 3.79. The standard InChI is InChI=1S/C15H30O5/c1-2-3-4-5-6-7-8-9-19-15-13(18)11-20-14(15)12(17)10-16/h12-18H,2-11H2,1H3/t12-,13+,14-,15-/m0/s1. The third kappa shape index (κ3) is 6.06. The van der Waals surface area contributed by atoms with E-state index in [0.717, 1.165) is 12.8 Å². The Morgan fingerprint density at radius 1 is 1.15 bits per heavy atom. The molecule has 0 radical (unpaired) electrons. The minimum absolute atomic E-state index is 0.156. The minimum Gasteiger partial charge on any atom is -0.394 e. The number of aliphatic hydroxyl groups is 3. The summed E-state index contributed by atoms with van der Waals surface area (Å²) in [4.78, 5) is 0. The predicted octanol–water partition coefficient (Wildman–Crippen LogP) is 1.24. The Morgan fingerprint density at radius 3 is 2.45 bits per heavy atom. The normalized spacial score (nSPS) is 27.9. The molecule has 0 aliphatic carbocycles. The molecule has 4 atom stereocenters. The van der Waals surface area contributed by atoms with Crippen LogP contribution >= 0.6 is 0 Å². The van der Waals surface area contributed by atoms with Gasteiger partial charge >= 0.3 is 0 Å². The zero-order chi connectivity index (χ0) is 14.8. The molecule has 1 saturated heterocycles. The molecular weight excluding hydrogens is 260 g/mol. The first-order valence-electron chi connectivity index (χ1n) is 7.90. The van der Waals surface area contributed by atoms with E-state index in [2.05, 4.69) is 6.92 Å². The van der Waals surface area contributed by atoms with Crippen molar-refractivity contribution in [3.63, 3.8) is 0 Å². The van der Waals surface area contributed by atoms with Crippen molar-refractivity contribution in [3.8, 4) is 0 Å². The minimum atomic E-state index is -0.994. The van der Waals surface area contributed by atoms with Gasteiger partial charge in [-0.3, -0.25) is 0 Å². The first-order chi connectivity index (χ1) is 9.70. The summed E-state index contributed by atoms with van der Waals surface area (Å²) in [6.45, 7) is 2.55.